The van der Waals surface area contributed by atoms with Crippen LogP contribution in [0.15, 0.2) is 17.7 Å². The zero-order chi connectivity index (χ0) is 21.0. The molecule has 2 aliphatic rings. The maximum Gasteiger partial charge on any atom is 0.309 e. The molecular formula is C25H34O4. The van der Waals surface area contributed by atoms with Crippen molar-refractivity contribution in [1.29, 1.82) is 0 Å². The molecule has 0 bridgehead atoms. The molecule has 1 aromatic carbocycles. The lowest BCUT2D eigenvalue weighted by atomic mass is 9.64. The summed E-state index contributed by atoms with van der Waals surface area (Å²) < 4.78 is 10.8. The maximum atomic E-state index is 13.6. The summed E-state index contributed by atoms with van der Waals surface area (Å²) in [5.74, 6) is -0.0502. The molecule has 1 fully saturated rings. The smallest absolute Gasteiger partial charge is 0.309 e. The molecule has 0 radical (unpaired) electrons. The Morgan fingerprint density at radius 3 is 2.24 bits per heavy atom. The van der Waals surface area contributed by atoms with Crippen LogP contribution in [0.2, 0.25) is 0 Å². The van der Waals surface area contributed by atoms with Crippen LogP contribution >= 0.6 is 0 Å². The lowest BCUT2D eigenvalue weighted by molar-refractivity contribution is -0.142. The third-order valence-electron chi connectivity index (χ3n) is 6.43. The molecule has 1 saturated heterocycles. The minimum Gasteiger partial charge on any atom is -0.466 e. The van der Waals surface area contributed by atoms with Gasteiger partial charge in [-0.3, -0.25) is 9.59 Å². The van der Waals surface area contributed by atoms with Gasteiger partial charge in [-0.15, -0.1) is 0 Å². The van der Waals surface area contributed by atoms with E-state index in [-0.39, 0.29) is 23.6 Å². The first-order valence-electron chi connectivity index (χ1n) is 11.0. The topological polar surface area (TPSA) is 52.6 Å². The van der Waals surface area contributed by atoms with Gasteiger partial charge in [0.05, 0.1) is 13.0 Å². The largest absolute Gasteiger partial charge is 0.466 e. The molecule has 1 aliphatic carbocycles. The van der Waals surface area contributed by atoms with Gasteiger partial charge in [0.15, 0.2) is 5.78 Å². The van der Waals surface area contributed by atoms with E-state index in [4.69, 9.17) is 9.47 Å². The Labute approximate surface area is 174 Å². The Morgan fingerprint density at radius 2 is 1.69 bits per heavy atom. The highest BCUT2D eigenvalue weighted by atomic mass is 16.5. The van der Waals surface area contributed by atoms with E-state index in [2.05, 4.69) is 32.9 Å². The SMILES string of the molecule is CCOC(=O)CC1=C(c2c(CC)cc(C)cc2CC)C(=O)CC2(CCOCC2)C1. The van der Waals surface area contributed by atoms with Gasteiger partial charge in [0.1, 0.15) is 0 Å². The van der Waals surface area contributed by atoms with Crippen molar-refractivity contribution in [3.8, 4) is 0 Å². The molecule has 0 amide bonds. The van der Waals surface area contributed by atoms with Crippen molar-refractivity contribution in [2.45, 2.75) is 72.6 Å². The van der Waals surface area contributed by atoms with Gasteiger partial charge in [-0.05, 0) is 73.6 Å². The molecule has 0 unspecified atom stereocenters. The molecule has 0 saturated carbocycles. The molecule has 158 valence electrons. The van der Waals surface area contributed by atoms with E-state index in [1.807, 2.05) is 6.92 Å². The number of carbonyl (C=O) groups excluding carboxylic acids is 2. The predicted octanol–water partition coefficient (Wildman–Crippen LogP) is 4.99. The first-order chi connectivity index (χ1) is 13.9. The molecule has 1 heterocycles. The molecule has 0 N–H and O–H groups in total. The van der Waals surface area contributed by atoms with Crippen molar-refractivity contribution >= 4 is 17.3 Å². The van der Waals surface area contributed by atoms with E-state index in [1.54, 1.807) is 0 Å². The fourth-order valence-corrected chi connectivity index (χ4v) is 5.06. The summed E-state index contributed by atoms with van der Waals surface area (Å²) in [6, 6.07) is 4.38. The summed E-state index contributed by atoms with van der Waals surface area (Å²) in [4.78, 5) is 26.0. The van der Waals surface area contributed by atoms with Crippen molar-refractivity contribution in [2.24, 2.45) is 5.41 Å². The van der Waals surface area contributed by atoms with Gasteiger partial charge in [0, 0.05) is 25.2 Å². The first-order valence-corrected chi connectivity index (χ1v) is 11.0. The van der Waals surface area contributed by atoms with E-state index in [9.17, 15) is 9.59 Å². The Bertz CT molecular complexity index is 787. The molecule has 0 atom stereocenters. The number of ether oxygens (including phenoxy) is 2. The Kier molecular flexibility index (Phi) is 6.94. The van der Waals surface area contributed by atoms with Crippen molar-refractivity contribution < 1.29 is 19.1 Å². The highest BCUT2D eigenvalue weighted by Gasteiger charge is 2.42. The van der Waals surface area contributed by atoms with Gasteiger partial charge >= 0.3 is 5.97 Å². The zero-order valence-corrected chi connectivity index (χ0v) is 18.4. The molecule has 4 nitrogen and oxygen atoms in total. The summed E-state index contributed by atoms with van der Waals surface area (Å²) in [5, 5.41) is 0. The zero-order valence-electron chi connectivity index (χ0n) is 18.4. The highest BCUT2D eigenvalue weighted by molar-refractivity contribution is 6.23. The summed E-state index contributed by atoms with van der Waals surface area (Å²) in [7, 11) is 0. The molecular weight excluding hydrogens is 364 g/mol. The van der Waals surface area contributed by atoms with Gasteiger partial charge in [0.2, 0.25) is 0 Å². The van der Waals surface area contributed by atoms with E-state index >= 15 is 0 Å². The molecule has 1 spiro atoms. The number of hydrogen-bond acceptors (Lipinski definition) is 4. The molecule has 4 heteroatoms. The van der Waals surface area contributed by atoms with E-state index < -0.39 is 0 Å². The minimum atomic E-state index is -0.236. The van der Waals surface area contributed by atoms with Crippen molar-refractivity contribution in [2.75, 3.05) is 19.8 Å². The monoisotopic (exact) mass is 398 g/mol. The summed E-state index contributed by atoms with van der Waals surface area (Å²) in [6.07, 6.45) is 5.05. The fraction of sp³-hybridized carbons (Fsp3) is 0.600. The Hall–Kier alpha value is -1.94. The van der Waals surface area contributed by atoms with Gasteiger partial charge < -0.3 is 9.47 Å². The van der Waals surface area contributed by atoms with Crippen LogP contribution in [0.5, 0.6) is 0 Å². The Balaban J connectivity index is 2.15. The van der Waals surface area contributed by atoms with E-state index in [1.165, 1.54) is 16.7 Å². The number of ketones is 1. The summed E-state index contributed by atoms with van der Waals surface area (Å²) in [5.41, 5.74) is 6.40. The van der Waals surface area contributed by atoms with Crippen LogP contribution in [0.4, 0.5) is 0 Å². The fourth-order valence-electron chi connectivity index (χ4n) is 5.06. The van der Waals surface area contributed by atoms with Gasteiger partial charge in [-0.2, -0.15) is 0 Å². The second kappa shape index (κ2) is 9.25. The molecule has 3 rings (SSSR count). The lowest BCUT2D eigenvalue weighted by Gasteiger charge is -2.41. The van der Waals surface area contributed by atoms with Crippen molar-refractivity contribution in [3.05, 3.63) is 40.0 Å². The third-order valence-corrected chi connectivity index (χ3v) is 6.43. The molecule has 1 aromatic rings. The van der Waals surface area contributed by atoms with Crippen LogP contribution in [0.3, 0.4) is 0 Å². The summed E-state index contributed by atoms with van der Waals surface area (Å²) >= 11 is 0. The number of benzene rings is 1. The first kappa shape index (κ1) is 21.8. The lowest BCUT2D eigenvalue weighted by Crippen LogP contribution is -2.36. The average Bonchev–Trinajstić information content (AvgIpc) is 2.68. The normalized spacial score (nSPS) is 19.0. The van der Waals surface area contributed by atoms with E-state index in [0.29, 0.717) is 26.2 Å². The van der Waals surface area contributed by atoms with Crippen molar-refractivity contribution in [3.63, 3.8) is 0 Å². The molecule has 0 aromatic heterocycles. The van der Waals surface area contributed by atoms with Gasteiger partial charge in [-0.1, -0.05) is 31.5 Å². The van der Waals surface area contributed by atoms with Crippen LogP contribution in [0.1, 0.15) is 75.1 Å². The van der Waals surface area contributed by atoms with E-state index in [0.717, 1.165) is 48.8 Å². The number of allylic oxidation sites excluding steroid dienone is 1. The second-order valence-electron chi connectivity index (χ2n) is 8.51. The number of carbonyl (C=O) groups is 2. The quantitative estimate of drug-likeness (QED) is 0.634. The number of hydrogen-bond donors (Lipinski definition) is 0. The minimum absolute atomic E-state index is 0.0654. The number of esters is 1. The van der Waals surface area contributed by atoms with Crippen LogP contribution < -0.4 is 0 Å². The van der Waals surface area contributed by atoms with Crippen LogP contribution in [-0.2, 0) is 31.9 Å². The molecule has 29 heavy (non-hydrogen) atoms. The number of Topliss-reactive ketones (excluding diaryl/α,β-unsaturated/α-hetero) is 1. The average molecular weight is 399 g/mol. The second-order valence-corrected chi connectivity index (χ2v) is 8.51. The van der Waals surface area contributed by atoms with Crippen molar-refractivity contribution in [1.82, 2.24) is 0 Å². The Morgan fingerprint density at radius 1 is 1.07 bits per heavy atom. The van der Waals surface area contributed by atoms with Crippen LogP contribution in [-0.4, -0.2) is 31.6 Å². The van der Waals surface area contributed by atoms with Gasteiger partial charge in [0.25, 0.3) is 0 Å². The third kappa shape index (κ3) is 4.63. The van der Waals surface area contributed by atoms with Crippen LogP contribution in [0, 0.1) is 12.3 Å². The molecule has 1 aliphatic heterocycles. The maximum absolute atomic E-state index is 13.6. The summed E-state index contributed by atoms with van der Waals surface area (Å²) in [6.45, 7) is 9.95. The number of aryl methyl sites for hydroxylation is 3. The predicted molar refractivity (Wildman–Crippen MR) is 115 cm³/mol. The van der Waals surface area contributed by atoms with Gasteiger partial charge in [-0.25, -0.2) is 0 Å². The van der Waals surface area contributed by atoms with Crippen LogP contribution in [0.25, 0.3) is 5.57 Å². The standard InChI is InChI=1S/C25H34O4/c1-5-18-12-17(4)13-19(6-2)23(18)24-20(14-22(27)29-7-3)15-25(16-21(24)26)8-10-28-11-9-25/h12-13H,5-11,14-16H2,1-4H3. The highest BCUT2D eigenvalue weighted by Crippen LogP contribution is 2.49. The number of rotatable bonds is 6.